The number of nitrogens with one attached hydrogen (secondary N) is 1. The van der Waals surface area contributed by atoms with Gasteiger partial charge in [0.25, 0.3) is 5.91 Å². The number of benzene rings is 2. The van der Waals surface area contributed by atoms with Crippen LogP contribution in [0.2, 0.25) is 0 Å². The maximum Gasteiger partial charge on any atom is 0.308 e. The number of amides is 1. The first kappa shape index (κ1) is 17.2. The van der Waals surface area contributed by atoms with Gasteiger partial charge in [0.2, 0.25) is 11.6 Å². The van der Waals surface area contributed by atoms with Crippen molar-refractivity contribution >= 4 is 17.3 Å². The molecule has 0 aliphatic carbocycles. The van der Waals surface area contributed by atoms with E-state index >= 15 is 0 Å². The van der Waals surface area contributed by atoms with E-state index in [1.54, 1.807) is 5.32 Å². The number of halogens is 6. The molecule has 24 heavy (non-hydrogen) atoms. The lowest BCUT2D eigenvalue weighted by Gasteiger charge is -2.09. The number of carbonyl (C=O) groups excluding carboxylic acids is 1. The van der Waals surface area contributed by atoms with Crippen LogP contribution in [0.15, 0.2) is 18.2 Å². The molecule has 126 valence electrons. The molecule has 0 bridgehead atoms. The first-order valence-corrected chi connectivity index (χ1v) is 5.91. The summed E-state index contributed by atoms with van der Waals surface area (Å²) < 4.78 is 79.3. The van der Waals surface area contributed by atoms with Crippen LogP contribution in [0.1, 0.15) is 10.4 Å². The average Bonchev–Trinajstić information content (AvgIpc) is 2.53. The van der Waals surface area contributed by atoms with Crippen molar-refractivity contribution in [1.29, 1.82) is 0 Å². The molecule has 1 amide bonds. The standard InChI is InChI=1S/C13H4F6N2O3/c14-5-1-2-6(10(17)9(5)16)20-13(22)4-3-7(21(23)24)11(18)12(19)8(4)15/h1-3H,(H,20,22). The highest BCUT2D eigenvalue weighted by Gasteiger charge is 2.29. The van der Waals surface area contributed by atoms with E-state index in [1.807, 2.05) is 0 Å². The summed E-state index contributed by atoms with van der Waals surface area (Å²) in [6.07, 6.45) is 0. The van der Waals surface area contributed by atoms with E-state index in [2.05, 4.69) is 0 Å². The van der Waals surface area contributed by atoms with Crippen LogP contribution in [-0.4, -0.2) is 10.8 Å². The van der Waals surface area contributed by atoms with Gasteiger partial charge >= 0.3 is 5.69 Å². The van der Waals surface area contributed by atoms with E-state index in [-0.39, 0.29) is 6.07 Å². The highest BCUT2D eigenvalue weighted by atomic mass is 19.2. The van der Waals surface area contributed by atoms with Gasteiger partial charge in [-0.2, -0.15) is 4.39 Å². The minimum absolute atomic E-state index is 0.0842. The summed E-state index contributed by atoms with van der Waals surface area (Å²) in [5.41, 5.74) is -3.81. The van der Waals surface area contributed by atoms with Crippen LogP contribution in [-0.2, 0) is 0 Å². The van der Waals surface area contributed by atoms with Crippen molar-refractivity contribution < 1.29 is 36.1 Å². The zero-order valence-electron chi connectivity index (χ0n) is 11.2. The molecule has 2 aromatic rings. The van der Waals surface area contributed by atoms with Crippen LogP contribution in [0.5, 0.6) is 0 Å². The van der Waals surface area contributed by atoms with E-state index in [0.717, 1.165) is 0 Å². The third-order valence-electron chi connectivity index (χ3n) is 2.85. The lowest BCUT2D eigenvalue weighted by molar-refractivity contribution is -0.387. The van der Waals surface area contributed by atoms with Gasteiger partial charge in [0, 0.05) is 6.07 Å². The summed E-state index contributed by atoms with van der Waals surface area (Å²) in [6, 6.07) is 1.11. The fourth-order valence-corrected chi connectivity index (χ4v) is 1.70. The summed E-state index contributed by atoms with van der Waals surface area (Å²) in [5, 5.41) is 12.1. The van der Waals surface area contributed by atoms with Gasteiger partial charge in [0.05, 0.1) is 16.2 Å². The van der Waals surface area contributed by atoms with Gasteiger partial charge in [-0.3, -0.25) is 14.9 Å². The average molecular weight is 350 g/mol. The lowest BCUT2D eigenvalue weighted by atomic mass is 10.1. The van der Waals surface area contributed by atoms with Gasteiger partial charge in [-0.1, -0.05) is 0 Å². The van der Waals surface area contributed by atoms with Crippen molar-refractivity contribution in [2.45, 2.75) is 0 Å². The second kappa shape index (κ2) is 6.18. The van der Waals surface area contributed by atoms with Crippen LogP contribution in [0.3, 0.4) is 0 Å². The molecule has 0 heterocycles. The van der Waals surface area contributed by atoms with Crippen molar-refractivity contribution in [1.82, 2.24) is 0 Å². The Kier molecular flexibility index (Phi) is 4.44. The summed E-state index contributed by atoms with van der Waals surface area (Å²) in [6.45, 7) is 0. The number of carbonyl (C=O) groups is 1. The van der Waals surface area contributed by atoms with E-state index < -0.39 is 62.7 Å². The number of anilines is 1. The Morgan fingerprint density at radius 1 is 0.917 bits per heavy atom. The third kappa shape index (κ3) is 2.87. The van der Waals surface area contributed by atoms with Crippen molar-refractivity contribution in [2.24, 2.45) is 0 Å². The molecule has 0 aromatic heterocycles. The molecular weight excluding hydrogens is 346 g/mol. The van der Waals surface area contributed by atoms with Crippen LogP contribution >= 0.6 is 0 Å². The first-order chi connectivity index (χ1) is 11.1. The van der Waals surface area contributed by atoms with E-state index in [4.69, 9.17) is 0 Å². The molecule has 0 radical (unpaired) electrons. The number of nitrogens with zero attached hydrogens (tertiary/aromatic N) is 1. The second-order valence-corrected chi connectivity index (χ2v) is 4.32. The predicted molar refractivity (Wildman–Crippen MR) is 67.2 cm³/mol. The highest BCUT2D eigenvalue weighted by molar-refractivity contribution is 6.05. The summed E-state index contributed by atoms with van der Waals surface area (Å²) >= 11 is 0. The Hall–Kier alpha value is -3.11. The molecule has 1 N–H and O–H groups in total. The lowest BCUT2D eigenvalue weighted by Crippen LogP contribution is -2.17. The van der Waals surface area contributed by atoms with E-state index in [0.29, 0.717) is 12.1 Å². The molecule has 0 aliphatic heterocycles. The maximum absolute atomic E-state index is 13.6. The van der Waals surface area contributed by atoms with Crippen molar-refractivity contribution in [3.63, 3.8) is 0 Å². The van der Waals surface area contributed by atoms with Crippen LogP contribution in [0, 0.1) is 45.0 Å². The number of rotatable bonds is 3. The Morgan fingerprint density at radius 3 is 2.12 bits per heavy atom. The second-order valence-electron chi connectivity index (χ2n) is 4.32. The molecular formula is C13H4F6N2O3. The molecule has 2 rings (SSSR count). The minimum Gasteiger partial charge on any atom is -0.319 e. The zero-order valence-corrected chi connectivity index (χ0v) is 11.2. The minimum atomic E-state index is -2.29. The first-order valence-electron chi connectivity index (χ1n) is 5.91. The van der Waals surface area contributed by atoms with Crippen molar-refractivity contribution in [2.75, 3.05) is 5.32 Å². The Morgan fingerprint density at radius 2 is 1.54 bits per heavy atom. The molecule has 2 aromatic carbocycles. The molecule has 0 fully saturated rings. The molecule has 5 nitrogen and oxygen atoms in total. The smallest absolute Gasteiger partial charge is 0.308 e. The number of nitro groups is 1. The van der Waals surface area contributed by atoms with Crippen LogP contribution in [0.4, 0.5) is 37.7 Å². The quantitative estimate of drug-likeness (QED) is 0.397. The van der Waals surface area contributed by atoms with Gasteiger partial charge in [-0.05, 0) is 12.1 Å². The maximum atomic E-state index is 13.6. The SMILES string of the molecule is O=C(Nc1ccc(F)c(F)c1F)c1cc([N+](=O)[O-])c(F)c(F)c1F. The predicted octanol–water partition coefficient (Wildman–Crippen LogP) is 3.68. The van der Waals surface area contributed by atoms with E-state index in [1.165, 1.54) is 0 Å². The molecule has 0 atom stereocenters. The Balaban J connectivity index is 2.48. The van der Waals surface area contributed by atoms with Crippen molar-refractivity contribution in [3.05, 3.63) is 68.8 Å². The van der Waals surface area contributed by atoms with Crippen LogP contribution < -0.4 is 5.32 Å². The third-order valence-corrected chi connectivity index (χ3v) is 2.85. The van der Waals surface area contributed by atoms with Gasteiger partial charge in [-0.25, -0.2) is 22.0 Å². The molecule has 11 heteroatoms. The van der Waals surface area contributed by atoms with Gasteiger partial charge in [0.15, 0.2) is 23.3 Å². The normalized spacial score (nSPS) is 10.6. The van der Waals surface area contributed by atoms with Gasteiger partial charge in [-0.15, -0.1) is 0 Å². The Bertz CT molecular complexity index is 872. The summed E-state index contributed by atoms with van der Waals surface area (Å²) in [4.78, 5) is 20.9. The molecule has 0 spiro atoms. The monoisotopic (exact) mass is 350 g/mol. The fraction of sp³-hybridized carbons (Fsp3) is 0. The topological polar surface area (TPSA) is 72.2 Å². The molecule has 0 saturated carbocycles. The van der Waals surface area contributed by atoms with Crippen LogP contribution in [0.25, 0.3) is 0 Å². The molecule has 0 unspecified atom stereocenters. The summed E-state index contributed by atoms with van der Waals surface area (Å²) in [5.74, 6) is -13.5. The number of nitro benzene ring substituents is 1. The van der Waals surface area contributed by atoms with Gasteiger partial charge in [0.1, 0.15) is 0 Å². The highest BCUT2D eigenvalue weighted by Crippen LogP contribution is 2.27. The fourth-order valence-electron chi connectivity index (χ4n) is 1.70. The molecule has 0 saturated heterocycles. The van der Waals surface area contributed by atoms with Crippen molar-refractivity contribution in [3.8, 4) is 0 Å². The largest absolute Gasteiger partial charge is 0.319 e. The van der Waals surface area contributed by atoms with Gasteiger partial charge < -0.3 is 5.32 Å². The number of hydrogen-bond donors (Lipinski definition) is 1. The zero-order chi connectivity index (χ0) is 18.2. The summed E-state index contributed by atoms with van der Waals surface area (Å²) in [7, 11) is 0. The number of hydrogen-bond acceptors (Lipinski definition) is 3. The molecule has 0 aliphatic rings. The Labute approximate surface area is 128 Å². The van der Waals surface area contributed by atoms with E-state index in [9.17, 15) is 41.3 Å².